The Labute approximate surface area is 109 Å². The van der Waals surface area contributed by atoms with Crippen LogP contribution in [-0.4, -0.2) is 38.9 Å². The van der Waals surface area contributed by atoms with Crippen LogP contribution in [0.1, 0.15) is 17.5 Å². The van der Waals surface area contributed by atoms with Crippen molar-refractivity contribution in [2.45, 2.75) is 25.2 Å². The number of nitrogens with one attached hydrogen (secondary N) is 1. The van der Waals surface area contributed by atoms with Crippen molar-refractivity contribution in [1.82, 2.24) is 9.62 Å². The molecule has 0 spiro atoms. The first-order chi connectivity index (χ1) is 8.51. The van der Waals surface area contributed by atoms with Crippen LogP contribution in [0.4, 0.5) is 0 Å². The van der Waals surface area contributed by atoms with Crippen molar-refractivity contribution in [2.24, 2.45) is 0 Å². The summed E-state index contributed by atoms with van der Waals surface area (Å²) in [6.45, 7) is 6.59. The van der Waals surface area contributed by atoms with Crippen molar-refractivity contribution in [3.05, 3.63) is 29.3 Å². The van der Waals surface area contributed by atoms with Gasteiger partial charge in [0.25, 0.3) is 0 Å². The highest BCUT2D eigenvalue weighted by molar-refractivity contribution is 7.89. The molecule has 0 aromatic heterocycles. The van der Waals surface area contributed by atoms with Crippen molar-refractivity contribution in [3.8, 4) is 0 Å². The van der Waals surface area contributed by atoms with Crippen LogP contribution >= 0.6 is 0 Å². The standard InChI is InChI=1S/C13H20N2O2S/c1-11-4-5-13(12(2)10-11)18(16,17)15-8-3-6-14-7-9-15/h4-5,10,14H,3,6-9H2,1-2H3. The van der Waals surface area contributed by atoms with E-state index in [4.69, 9.17) is 0 Å². The molecule has 1 saturated heterocycles. The molecule has 0 aliphatic carbocycles. The molecule has 1 aromatic carbocycles. The molecule has 1 aliphatic heterocycles. The average Bonchev–Trinajstić information content (AvgIpc) is 2.57. The largest absolute Gasteiger partial charge is 0.315 e. The lowest BCUT2D eigenvalue weighted by Crippen LogP contribution is -2.34. The van der Waals surface area contributed by atoms with Crippen LogP contribution in [0.15, 0.2) is 23.1 Å². The summed E-state index contributed by atoms with van der Waals surface area (Å²) >= 11 is 0. The molecule has 1 N–H and O–H groups in total. The van der Waals surface area contributed by atoms with E-state index >= 15 is 0 Å². The average molecular weight is 268 g/mol. The van der Waals surface area contributed by atoms with Gasteiger partial charge in [0, 0.05) is 19.6 Å². The molecule has 0 bridgehead atoms. The zero-order valence-electron chi connectivity index (χ0n) is 10.9. The molecule has 0 radical (unpaired) electrons. The maximum absolute atomic E-state index is 12.6. The first-order valence-electron chi connectivity index (χ1n) is 6.30. The van der Waals surface area contributed by atoms with Gasteiger partial charge in [-0.05, 0) is 38.4 Å². The van der Waals surface area contributed by atoms with Crippen molar-refractivity contribution in [2.75, 3.05) is 26.2 Å². The summed E-state index contributed by atoms with van der Waals surface area (Å²) in [7, 11) is -3.34. The van der Waals surface area contributed by atoms with Gasteiger partial charge >= 0.3 is 0 Å². The van der Waals surface area contributed by atoms with Gasteiger partial charge in [0.15, 0.2) is 0 Å². The fraction of sp³-hybridized carbons (Fsp3) is 0.538. The van der Waals surface area contributed by atoms with E-state index in [2.05, 4.69) is 5.32 Å². The minimum atomic E-state index is -3.34. The van der Waals surface area contributed by atoms with Crippen molar-refractivity contribution < 1.29 is 8.42 Å². The van der Waals surface area contributed by atoms with Gasteiger partial charge < -0.3 is 5.32 Å². The summed E-state index contributed by atoms with van der Waals surface area (Å²) in [4.78, 5) is 0.440. The second kappa shape index (κ2) is 5.38. The molecule has 100 valence electrons. The number of benzene rings is 1. The van der Waals surface area contributed by atoms with Crippen LogP contribution in [-0.2, 0) is 10.0 Å². The van der Waals surface area contributed by atoms with Gasteiger partial charge in [0.2, 0.25) is 10.0 Å². The van der Waals surface area contributed by atoms with E-state index in [-0.39, 0.29) is 0 Å². The first-order valence-corrected chi connectivity index (χ1v) is 7.74. The SMILES string of the molecule is Cc1ccc(S(=O)(=O)N2CCCNCC2)c(C)c1. The lowest BCUT2D eigenvalue weighted by molar-refractivity contribution is 0.431. The highest BCUT2D eigenvalue weighted by atomic mass is 32.2. The molecule has 0 atom stereocenters. The summed E-state index contributed by atoms with van der Waals surface area (Å²) in [5.74, 6) is 0. The molecule has 1 aliphatic rings. The second-order valence-corrected chi connectivity index (χ2v) is 6.68. The maximum atomic E-state index is 12.6. The molecule has 1 heterocycles. The normalized spacial score (nSPS) is 18.6. The van der Waals surface area contributed by atoms with Crippen LogP contribution in [0.5, 0.6) is 0 Å². The Morgan fingerprint density at radius 3 is 2.67 bits per heavy atom. The summed E-state index contributed by atoms with van der Waals surface area (Å²) in [6.07, 6.45) is 0.865. The van der Waals surface area contributed by atoms with E-state index in [1.807, 2.05) is 26.0 Å². The van der Waals surface area contributed by atoms with Crippen LogP contribution in [0, 0.1) is 13.8 Å². The molecule has 0 saturated carbocycles. The molecule has 5 heteroatoms. The zero-order valence-corrected chi connectivity index (χ0v) is 11.8. The number of nitrogens with zero attached hydrogens (tertiary/aromatic N) is 1. The number of hydrogen-bond acceptors (Lipinski definition) is 3. The Morgan fingerprint density at radius 2 is 1.94 bits per heavy atom. The topological polar surface area (TPSA) is 49.4 Å². The Morgan fingerprint density at radius 1 is 1.17 bits per heavy atom. The predicted molar refractivity (Wildman–Crippen MR) is 72.2 cm³/mol. The fourth-order valence-corrected chi connectivity index (χ4v) is 3.97. The first kappa shape index (κ1) is 13.5. The summed E-state index contributed by atoms with van der Waals surface area (Å²) in [5.41, 5.74) is 1.91. The third-order valence-electron chi connectivity index (χ3n) is 3.25. The van der Waals surface area contributed by atoms with Crippen molar-refractivity contribution in [3.63, 3.8) is 0 Å². The molecular formula is C13H20N2O2S. The monoisotopic (exact) mass is 268 g/mol. The van der Waals surface area contributed by atoms with Gasteiger partial charge in [-0.15, -0.1) is 0 Å². The predicted octanol–water partition coefficient (Wildman–Crippen LogP) is 1.29. The number of sulfonamides is 1. The molecule has 0 unspecified atom stereocenters. The Balaban J connectivity index is 2.34. The van der Waals surface area contributed by atoms with E-state index < -0.39 is 10.0 Å². The van der Waals surface area contributed by atoms with Crippen LogP contribution in [0.25, 0.3) is 0 Å². The number of aryl methyl sites for hydroxylation is 2. The van der Waals surface area contributed by atoms with Gasteiger partial charge in [-0.25, -0.2) is 8.42 Å². The minimum absolute atomic E-state index is 0.440. The van der Waals surface area contributed by atoms with Crippen LogP contribution in [0.2, 0.25) is 0 Å². The maximum Gasteiger partial charge on any atom is 0.243 e. The van der Waals surface area contributed by atoms with E-state index in [1.54, 1.807) is 10.4 Å². The molecular weight excluding hydrogens is 248 g/mol. The molecule has 18 heavy (non-hydrogen) atoms. The van der Waals surface area contributed by atoms with E-state index in [0.29, 0.717) is 18.0 Å². The number of rotatable bonds is 2. The van der Waals surface area contributed by atoms with Gasteiger partial charge in [0.1, 0.15) is 0 Å². The lowest BCUT2D eigenvalue weighted by Gasteiger charge is -2.20. The molecule has 2 rings (SSSR count). The Hall–Kier alpha value is -0.910. The van der Waals surface area contributed by atoms with Gasteiger partial charge in [-0.3, -0.25) is 0 Å². The van der Waals surface area contributed by atoms with Crippen LogP contribution in [0.3, 0.4) is 0 Å². The van der Waals surface area contributed by atoms with Gasteiger partial charge in [-0.1, -0.05) is 17.7 Å². The van der Waals surface area contributed by atoms with Gasteiger partial charge in [-0.2, -0.15) is 4.31 Å². The molecule has 1 fully saturated rings. The van der Waals surface area contributed by atoms with E-state index in [9.17, 15) is 8.42 Å². The van der Waals surface area contributed by atoms with Crippen LogP contribution < -0.4 is 5.32 Å². The van der Waals surface area contributed by atoms with E-state index in [0.717, 1.165) is 30.6 Å². The van der Waals surface area contributed by atoms with E-state index in [1.165, 1.54) is 0 Å². The van der Waals surface area contributed by atoms with Crippen molar-refractivity contribution >= 4 is 10.0 Å². The Kier molecular flexibility index (Phi) is 4.04. The quantitative estimate of drug-likeness (QED) is 0.879. The number of hydrogen-bond donors (Lipinski definition) is 1. The molecule has 0 amide bonds. The smallest absolute Gasteiger partial charge is 0.243 e. The molecule has 4 nitrogen and oxygen atoms in total. The third kappa shape index (κ3) is 2.74. The third-order valence-corrected chi connectivity index (χ3v) is 5.31. The summed E-state index contributed by atoms with van der Waals surface area (Å²) < 4.78 is 26.7. The Bertz CT molecular complexity index is 518. The van der Waals surface area contributed by atoms with Gasteiger partial charge in [0.05, 0.1) is 4.90 Å². The second-order valence-electron chi connectivity index (χ2n) is 4.78. The summed E-state index contributed by atoms with van der Waals surface area (Å²) in [5, 5.41) is 3.22. The fourth-order valence-electron chi connectivity index (χ4n) is 2.29. The summed E-state index contributed by atoms with van der Waals surface area (Å²) in [6, 6.07) is 5.50. The highest BCUT2D eigenvalue weighted by Crippen LogP contribution is 2.21. The zero-order chi connectivity index (χ0) is 13.2. The highest BCUT2D eigenvalue weighted by Gasteiger charge is 2.26. The van der Waals surface area contributed by atoms with Crippen molar-refractivity contribution in [1.29, 1.82) is 0 Å². The molecule has 1 aromatic rings. The lowest BCUT2D eigenvalue weighted by atomic mass is 10.2. The minimum Gasteiger partial charge on any atom is -0.315 e.